The minimum absolute atomic E-state index is 0.0621. The Morgan fingerprint density at radius 3 is 2.83 bits per heavy atom. The average Bonchev–Trinajstić information content (AvgIpc) is 2.87. The fraction of sp³-hybridized carbons (Fsp3) is 0.455. The molecule has 0 saturated carbocycles. The molecule has 0 saturated heterocycles. The van der Waals surface area contributed by atoms with Crippen molar-refractivity contribution < 1.29 is 9.42 Å². The number of carbonyl (C=O) groups excluding carboxylic acids is 1. The third-order valence-corrected chi connectivity index (χ3v) is 2.48. The smallest absolute Gasteiger partial charge is 0.275 e. The molecule has 0 radical (unpaired) electrons. The summed E-state index contributed by atoms with van der Waals surface area (Å²) in [6.45, 7) is 6.10. The first-order valence-corrected chi connectivity index (χ1v) is 5.66. The summed E-state index contributed by atoms with van der Waals surface area (Å²) in [4.78, 5) is 11.8. The summed E-state index contributed by atoms with van der Waals surface area (Å²) in [5, 5.41) is 14.2. The van der Waals surface area contributed by atoms with Crippen LogP contribution in [0.1, 0.15) is 28.8 Å². The van der Waals surface area contributed by atoms with E-state index in [1.165, 1.54) is 0 Å². The van der Waals surface area contributed by atoms with Crippen LogP contribution in [0.5, 0.6) is 0 Å². The van der Waals surface area contributed by atoms with E-state index in [1.54, 1.807) is 11.6 Å². The monoisotopic (exact) mass is 249 g/mol. The van der Waals surface area contributed by atoms with Crippen LogP contribution in [0.4, 0.5) is 0 Å². The highest BCUT2D eigenvalue weighted by atomic mass is 16.6. The van der Waals surface area contributed by atoms with Gasteiger partial charge in [-0.25, -0.2) is 4.63 Å². The predicted octanol–water partition coefficient (Wildman–Crippen LogP) is 0.701. The molecule has 18 heavy (non-hydrogen) atoms. The zero-order chi connectivity index (χ0) is 13.1. The lowest BCUT2D eigenvalue weighted by molar-refractivity contribution is 0.0925. The molecule has 1 atom stereocenters. The molecule has 96 valence electrons. The van der Waals surface area contributed by atoms with Crippen molar-refractivity contribution in [3.63, 3.8) is 0 Å². The number of hydrogen-bond acceptors (Lipinski definition) is 5. The summed E-state index contributed by atoms with van der Waals surface area (Å²) < 4.78 is 6.28. The summed E-state index contributed by atoms with van der Waals surface area (Å²) in [6.07, 6.45) is 1.88. The Bertz CT molecular complexity index is 545. The van der Waals surface area contributed by atoms with Crippen LogP contribution in [0.3, 0.4) is 0 Å². The lowest BCUT2D eigenvalue weighted by Crippen LogP contribution is -2.36. The topological polar surface area (TPSA) is 85.8 Å². The average molecular weight is 249 g/mol. The Morgan fingerprint density at radius 2 is 2.28 bits per heavy atom. The molecule has 7 heteroatoms. The van der Waals surface area contributed by atoms with Crippen LogP contribution < -0.4 is 5.32 Å². The minimum Gasteiger partial charge on any atom is -0.346 e. The van der Waals surface area contributed by atoms with Gasteiger partial charge in [-0.05, 0) is 32.0 Å². The van der Waals surface area contributed by atoms with Crippen molar-refractivity contribution in [2.24, 2.45) is 0 Å². The second-order valence-corrected chi connectivity index (χ2v) is 4.25. The molecular weight excluding hydrogens is 234 g/mol. The van der Waals surface area contributed by atoms with Gasteiger partial charge < -0.3 is 5.32 Å². The van der Waals surface area contributed by atoms with E-state index in [4.69, 9.17) is 0 Å². The zero-order valence-electron chi connectivity index (χ0n) is 10.5. The number of rotatable bonds is 4. The van der Waals surface area contributed by atoms with Crippen LogP contribution in [-0.2, 0) is 6.54 Å². The molecule has 2 aromatic rings. The van der Waals surface area contributed by atoms with Crippen molar-refractivity contribution in [1.82, 2.24) is 25.4 Å². The number of amides is 1. The number of aromatic nitrogens is 4. The van der Waals surface area contributed by atoms with E-state index in [0.717, 1.165) is 5.69 Å². The van der Waals surface area contributed by atoms with E-state index < -0.39 is 0 Å². The van der Waals surface area contributed by atoms with Gasteiger partial charge in [0, 0.05) is 12.2 Å². The van der Waals surface area contributed by atoms with Gasteiger partial charge in [0.05, 0.1) is 12.2 Å². The number of hydrogen-bond donors (Lipinski definition) is 1. The van der Waals surface area contributed by atoms with Gasteiger partial charge in [0.15, 0.2) is 5.69 Å². The summed E-state index contributed by atoms with van der Waals surface area (Å²) in [5.41, 5.74) is 1.65. The van der Waals surface area contributed by atoms with Gasteiger partial charge in [0.2, 0.25) is 0 Å². The van der Waals surface area contributed by atoms with E-state index in [0.29, 0.717) is 12.2 Å². The quantitative estimate of drug-likeness (QED) is 0.862. The predicted molar refractivity (Wildman–Crippen MR) is 62.9 cm³/mol. The van der Waals surface area contributed by atoms with Crippen LogP contribution in [0.25, 0.3) is 0 Å². The zero-order valence-corrected chi connectivity index (χ0v) is 10.5. The largest absolute Gasteiger partial charge is 0.346 e. The van der Waals surface area contributed by atoms with E-state index in [2.05, 4.69) is 25.4 Å². The van der Waals surface area contributed by atoms with Crippen molar-refractivity contribution in [2.45, 2.75) is 33.4 Å². The van der Waals surface area contributed by atoms with Gasteiger partial charge in [-0.15, -0.1) is 0 Å². The third-order valence-electron chi connectivity index (χ3n) is 2.48. The Morgan fingerprint density at radius 1 is 1.50 bits per heavy atom. The maximum absolute atomic E-state index is 11.8. The standard InChI is InChI=1S/C11H15N5O2/c1-7-4-5-16(13-7)6-8(2)12-11(17)10-9(3)14-18-15-10/h4-5,8H,6H2,1-3H3,(H,12,17). The molecule has 1 N–H and O–H groups in total. The van der Waals surface area contributed by atoms with Crippen molar-refractivity contribution >= 4 is 5.91 Å². The highest BCUT2D eigenvalue weighted by molar-refractivity contribution is 5.93. The lowest BCUT2D eigenvalue weighted by atomic mass is 10.3. The van der Waals surface area contributed by atoms with E-state index in [1.807, 2.05) is 26.1 Å². The number of carbonyl (C=O) groups is 1. The number of nitrogens with one attached hydrogen (secondary N) is 1. The minimum atomic E-state index is -0.287. The molecule has 0 spiro atoms. The maximum Gasteiger partial charge on any atom is 0.275 e. The highest BCUT2D eigenvalue weighted by Crippen LogP contribution is 2.01. The van der Waals surface area contributed by atoms with Crippen LogP contribution in [-0.4, -0.2) is 32.0 Å². The molecule has 0 aliphatic heterocycles. The summed E-state index contributed by atoms with van der Waals surface area (Å²) in [6, 6.07) is 1.85. The molecule has 0 bridgehead atoms. The maximum atomic E-state index is 11.8. The first-order valence-electron chi connectivity index (χ1n) is 5.66. The Hall–Kier alpha value is -2.18. The van der Waals surface area contributed by atoms with Crippen molar-refractivity contribution in [1.29, 1.82) is 0 Å². The molecule has 2 heterocycles. The Kier molecular flexibility index (Phi) is 3.40. The van der Waals surface area contributed by atoms with Gasteiger partial charge in [0.25, 0.3) is 5.91 Å². The van der Waals surface area contributed by atoms with Crippen LogP contribution in [0, 0.1) is 13.8 Å². The first kappa shape index (κ1) is 12.3. The molecule has 0 aromatic carbocycles. The van der Waals surface area contributed by atoms with Gasteiger partial charge in [-0.3, -0.25) is 9.48 Å². The molecule has 1 amide bonds. The van der Waals surface area contributed by atoms with Gasteiger partial charge in [-0.2, -0.15) is 5.10 Å². The summed E-state index contributed by atoms with van der Waals surface area (Å²) >= 11 is 0. The van der Waals surface area contributed by atoms with Gasteiger partial charge in [0.1, 0.15) is 5.69 Å². The van der Waals surface area contributed by atoms with Gasteiger partial charge in [-0.1, -0.05) is 5.16 Å². The van der Waals surface area contributed by atoms with Crippen molar-refractivity contribution in [2.75, 3.05) is 0 Å². The lowest BCUT2D eigenvalue weighted by Gasteiger charge is -2.12. The number of nitrogens with zero attached hydrogens (tertiary/aromatic N) is 4. The second kappa shape index (κ2) is 4.99. The molecule has 2 aromatic heterocycles. The molecular formula is C11H15N5O2. The normalized spacial score (nSPS) is 12.4. The Labute approximate surface area is 104 Å². The molecule has 0 fully saturated rings. The van der Waals surface area contributed by atoms with Crippen molar-refractivity contribution in [3.05, 3.63) is 29.3 Å². The van der Waals surface area contributed by atoms with Crippen LogP contribution >= 0.6 is 0 Å². The van der Waals surface area contributed by atoms with E-state index in [-0.39, 0.29) is 17.6 Å². The second-order valence-electron chi connectivity index (χ2n) is 4.25. The molecule has 0 aliphatic carbocycles. The van der Waals surface area contributed by atoms with Crippen molar-refractivity contribution in [3.8, 4) is 0 Å². The van der Waals surface area contributed by atoms with Crippen LogP contribution in [0.2, 0.25) is 0 Å². The summed E-state index contributed by atoms with van der Waals surface area (Å²) in [5.74, 6) is -0.287. The molecule has 7 nitrogen and oxygen atoms in total. The van der Waals surface area contributed by atoms with E-state index in [9.17, 15) is 4.79 Å². The molecule has 0 aliphatic rings. The molecule has 2 rings (SSSR count). The fourth-order valence-electron chi connectivity index (χ4n) is 1.62. The SMILES string of the molecule is Cc1ccn(CC(C)NC(=O)c2nonc2C)n1. The van der Waals surface area contributed by atoms with Crippen LogP contribution in [0.15, 0.2) is 16.9 Å². The summed E-state index contributed by atoms with van der Waals surface area (Å²) in [7, 11) is 0. The fourth-order valence-corrected chi connectivity index (χ4v) is 1.62. The highest BCUT2D eigenvalue weighted by Gasteiger charge is 2.17. The third kappa shape index (κ3) is 2.73. The first-order chi connectivity index (χ1) is 8.56. The van der Waals surface area contributed by atoms with E-state index >= 15 is 0 Å². The van der Waals surface area contributed by atoms with Gasteiger partial charge >= 0.3 is 0 Å². The molecule has 1 unspecified atom stereocenters. The number of aryl methyl sites for hydroxylation is 2. The Balaban J connectivity index is 1.93.